The molecular weight excluding hydrogens is 439 g/mol. The van der Waals surface area contributed by atoms with E-state index in [4.69, 9.17) is 18.4 Å². The van der Waals surface area contributed by atoms with Crippen LogP contribution in [-0.4, -0.2) is 23.2 Å². The van der Waals surface area contributed by atoms with E-state index >= 15 is 0 Å². The van der Waals surface area contributed by atoms with Crippen LogP contribution in [0.5, 0.6) is 5.75 Å². The van der Waals surface area contributed by atoms with Crippen molar-refractivity contribution in [1.29, 1.82) is 0 Å². The third-order valence-corrected chi connectivity index (χ3v) is 3.69. The molecule has 0 fully saturated rings. The Morgan fingerprint density at radius 2 is 2.20 bits per heavy atom. The molecule has 0 radical (unpaired) electrons. The predicted molar refractivity (Wildman–Crippen MR) is 96.5 cm³/mol. The van der Waals surface area contributed by atoms with Gasteiger partial charge in [0.1, 0.15) is 11.5 Å². The van der Waals surface area contributed by atoms with E-state index in [0.29, 0.717) is 17.3 Å². The largest absolute Gasteiger partial charge is 0.497 e. The highest BCUT2D eigenvalue weighted by Gasteiger charge is 2.11. The summed E-state index contributed by atoms with van der Waals surface area (Å²) in [6.45, 7) is -0.115. The van der Waals surface area contributed by atoms with Crippen LogP contribution < -0.4 is 4.74 Å². The first-order valence-corrected chi connectivity index (χ1v) is 8.29. The van der Waals surface area contributed by atoms with Crippen molar-refractivity contribution in [2.45, 2.75) is 6.61 Å². The van der Waals surface area contributed by atoms with Crippen LogP contribution in [-0.2, 0) is 16.1 Å². The Morgan fingerprint density at radius 3 is 2.96 bits per heavy atom. The molecule has 0 aliphatic rings. The van der Waals surface area contributed by atoms with E-state index in [1.54, 1.807) is 25.3 Å². The van der Waals surface area contributed by atoms with Gasteiger partial charge >= 0.3 is 5.97 Å². The van der Waals surface area contributed by atoms with Crippen molar-refractivity contribution in [3.05, 3.63) is 57.9 Å². The minimum Gasteiger partial charge on any atom is -0.497 e. The van der Waals surface area contributed by atoms with Crippen molar-refractivity contribution in [2.24, 2.45) is 0 Å². The van der Waals surface area contributed by atoms with Crippen molar-refractivity contribution in [3.63, 3.8) is 0 Å². The van der Waals surface area contributed by atoms with Crippen LogP contribution in [0.4, 0.5) is 0 Å². The summed E-state index contributed by atoms with van der Waals surface area (Å²) in [7, 11) is 1.58. The number of furan rings is 1. The summed E-state index contributed by atoms with van der Waals surface area (Å²) >= 11 is 2.04. The number of benzene rings is 1. The molecule has 0 saturated heterocycles. The molecule has 8 heteroatoms. The summed E-state index contributed by atoms with van der Waals surface area (Å²) in [5.41, 5.74) is 0.744. The smallest absolute Gasteiger partial charge is 0.331 e. The van der Waals surface area contributed by atoms with Crippen LogP contribution in [0.15, 0.2) is 51.4 Å². The van der Waals surface area contributed by atoms with E-state index in [0.717, 1.165) is 9.33 Å². The Kier molecular flexibility index (Phi) is 5.49. The molecule has 0 atom stereocenters. The molecule has 0 saturated carbocycles. The number of ether oxygens (including phenoxy) is 2. The average molecular weight is 452 g/mol. The second-order valence-electron chi connectivity index (χ2n) is 4.83. The number of methoxy groups -OCH3 is 1. The molecule has 3 rings (SSSR count). The van der Waals surface area contributed by atoms with Gasteiger partial charge in [-0.3, -0.25) is 0 Å². The zero-order chi connectivity index (χ0) is 17.6. The number of nitrogens with zero attached hydrogens (tertiary/aromatic N) is 2. The minimum atomic E-state index is -0.535. The lowest BCUT2D eigenvalue weighted by Crippen LogP contribution is -2.00. The maximum absolute atomic E-state index is 11.7. The van der Waals surface area contributed by atoms with Gasteiger partial charge in [-0.1, -0.05) is 17.3 Å². The molecule has 0 bridgehead atoms. The third-order valence-electron chi connectivity index (χ3n) is 3.11. The number of rotatable bonds is 6. The summed E-state index contributed by atoms with van der Waals surface area (Å²) < 4.78 is 21.3. The normalized spacial score (nSPS) is 11.0. The van der Waals surface area contributed by atoms with Crippen molar-refractivity contribution in [2.75, 3.05) is 7.11 Å². The number of aromatic nitrogens is 2. The van der Waals surface area contributed by atoms with Gasteiger partial charge < -0.3 is 18.4 Å². The number of carbonyl (C=O) groups is 1. The monoisotopic (exact) mass is 452 g/mol. The topological polar surface area (TPSA) is 87.6 Å². The molecule has 1 aromatic carbocycles. The molecule has 2 aromatic heterocycles. The van der Waals surface area contributed by atoms with Gasteiger partial charge in [0.05, 0.1) is 7.11 Å². The zero-order valence-corrected chi connectivity index (χ0v) is 15.3. The molecule has 128 valence electrons. The summed E-state index contributed by atoms with van der Waals surface area (Å²) in [5.74, 6) is 1.32. The highest BCUT2D eigenvalue weighted by molar-refractivity contribution is 14.1. The fraction of sp³-hybridized carbons (Fsp3) is 0.118. The standard InChI is InChI=1S/C17H13IN2O5/c1-22-13-4-2-3-11(9-13)17-19-15(25-20-17)10-23-16(21)8-6-12-5-7-14(18)24-12/h2-9H,10H2,1H3/b8-6+. The fourth-order valence-electron chi connectivity index (χ4n) is 1.94. The molecule has 0 spiro atoms. The van der Waals surface area contributed by atoms with Crippen molar-refractivity contribution < 1.29 is 23.2 Å². The number of hydrogen-bond donors (Lipinski definition) is 0. The molecule has 0 unspecified atom stereocenters. The van der Waals surface area contributed by atoms with Crippen LogP contribution in [0.25, 0.3) is 17.5 Å². The quantitative estimate of drug-likeness (QED) is 0.320. The second kappa shape index (κ2) is 7.97. The number of halogens is 1. The Balaban J connectivity index is 1.58. The van der Waals surface area contributed by atoms with E-state index in [9.17, 15) is 4.79 Å². The Bertz CT molecular complexity index is 900. The number of carbonyl (C=O) groups excluding carboxylic acids is 1. The van der Waals surface area contributed by atoms with Gasteiger partial charge in [0.25, 0.3) is 5.89 Å². The van der Waals surface area contributed by atoms with Crippen LogP contribution in [0.2, 0.25) is 0 Å². The van der Waals surface area contributed by atoms with Gasteiger partial charge in [0.15, 0.2) is 10.4 Å². The SMILES string of the molecule is COc1cccc(-c2noc(COC(=O)/C=C/c3ccc(I)o3)n2)c1. The highest BCUT2D eigenvalue weighted by atomic mass is 127. The highest BCUT2D eigenvalue weighted by Crippen LogP contribution is 2.21. The van der Waals surface area contributed by atoms with Crippen LogP contribution >= 0.6 is 22.6 Å². The van der Waals surface area contributed by atoms with Gasteiger partial charge in [-0.2, -0.15) is 4.98 Å². The van der Waals surface area contributed by atoms with Gasteiger partial charge in [0, 0.05) is 11.6 Å². The number of esters is 1. The lowest BCUT2D eigenvalue weighted by molar-refractivity contribution is -0.139. The van der Waals surface area contributed by atoms with E-state index in [-0.39, 0.29) is 12.5 Å². The zero-order valence-electron chi connectivity index (χ0n) is 13.1. The minimum absolute atomic E-state index is 0.115. The molecule has 0 aliphatic heterocycles. The third kappa shape index (κ3) is 4.69. The predicted octanol–water partition coefficient (Wildman–Crippen LogP) is 3.70. The summed E-state index contributed by atoms with van der Waals surface area (Å²) in [6, 6.07) is 10.8. The van der Waals surface area contributed by atoms with E-state index < -0.39 is 5.97 Å². The van der Waals surface area contributed by atoms with Gasteiger partial charge in [-0.15, -0.1) is 0 Å². The molecule has 7 nitrogen and oxygen atoms in total. The second-order valence-corrected chi connectivity index (χ2v) is 5.89. The summed E-state index contributed by atoms with van der Waals surface area (Å²) in [6.07, 6.45) is 2.80. The van der Waals surface area contributed by atoms with Gasteiger partial charge in [-0.25, -0.2) is 4.79 Å². The Morgan fingerprint density at radius 1 is 1.32 bits per heavy atom. The van der Waals surface area contributed by atoms with Crippen molar-refractivity contribution >= 4 is 34.6 Å². The fourth-order valence-corrected chi connectivity index (χ4v) is 2.38. The van der Waals surface area contributed by atoms with Crippen molar-refractivity contribution in [1.82, 2.24) is 10.1 Å². The molecule has 0 N–H and O–H groups in total. The van der Waals surface area contributed by atoms with Gasteiger partial charge in [-0.05, 0) is 52.9 Å². The van der Waals surface area contributed by atoms with E-state index in [1.807, 2.05) is 40.8 Å². The number of hydrogen-bond acceptors (Lipinski definition) is 7. The maximum Gasteiger partial charge on any atom is 0.331 e. The first-order valence-electron chi connectivity index (χ1n) is 7.21. The molecular formula is C17H13IN2O5. The van der Waals surface area contributed by atoms with Crippen LogP contribution in [0.1, 0.15) is 11.7 Å². The Hall–Kier alpha value is -2.62. The summed E-state index contributed by atoms with van der Waals surface area (Å²) in [4.78, 5) is 15.9. The lowest BCUT2D eigenvalue weighted by Gasteiger charge is -1.99. The first-order chi connectivity index (χ1) is 12.1. The van der Waals surface area contributed by atoms with E-state index in [1.165, 1.54) is 12.2 Å². The molecule has 0 aliphatic carbocycles. The van der Waals surface area contributed by atoms with Crippen LogP contribution in [0.3, 0.4) is 0 Å². The maximum atomic E-state index is 11.7. The van der Waals surface area contributed by atoms with E-state index in [2.05, 4.69) is 10.1 Å². The lowest BCUT2D eigenvalue weighted by atomic mass is 10.2. The van der Waals surface area contributed by atoms with Gasteiger partial charge in [0.2, 0.25) is 5.82 Å². The molecule has 0 amide bonds. The Labute approximate surface area is 156 Å². The molecule has 3 aromatic rings. The summed E-state index contributed by atoms with van der Waals surface area (Å²) in [5, 5.41) is 3.87. The molecule has 2 heterocycles. The first kappa shape index (κ1) is 17.2. The molecule has 25 heavy (non-hydrogen) atoms. The van der Waals surface area contributed by atoms with Crippen molar-refractivity contribution in [3.8, 4) is 17.1 Å². The van der Waals surface area contributed by atoms with Crippen LogP contribution in [0, 0.1) is 3.77 Å². The average Bonchev–Trinajstić information content (AvgIpc) is 3.27.